The SMILES string of the molecule is CO[C@H]1CCCOC12CCN(C(=O)COc1ccccc1Cl)CC2. The highest BCUT2D eigenvalue weighted by Crippen LogP contribution is 2.36. The molecule has 1 aromatic carbocycles. The van der Waals surface area contributed by atoms with Crippen molar-refractivity contribution >= 4 is 17.5 Å². The van der Waals surface area contributed by atoms with Crippen LogP contribution in [0.2, 0.25) is 5.02 Å². The minimum Gasteiger partial charge on any atom is -0.482 e. The first-order valence-electron chi connectivity index (χ1n) is 8.46. The van der Waals surface area contributed by atoms with Crippen LogP contribution in [0.25, 0.3) is 0 Å². The lowest BCUT2D eigenvalue weighted by Crippen LogP contribution is -2.57. The van der Waals surface area contributed by atoms with Crippen molar-refractivity contribution in [2.75, 3.05) is 33.4 Å². The fourth-order valence-electron chi connectivity index (χ4n) is 3.63. The number of para-hydroxylation sites is 1. The van der Waals surface area contributed by atoms with Crippen LogP contribution in [0.3, 0.4) is 0 Å². The molecule has 2 aliphatic rings. The van der Waals surface area contributed by atoms with E-state index < -0.39 is 0 Å². The number of carbonyl (C=O) groups is 1. The highest BCUT2D eigenvalue weighted by Gasteiger charge is 2.45. The highest BCUT2D eigenvalue weighted by molar-refractivity contribution is 6.32. The van der Waals surface area contributed by atoms with Gasteiger partial charge < -0.3 is 19.1 Å². The fraction of sp³-hybridized carbons (Fsp3) is 0.611. The van der Waals surface area contributed by atoms with Crippen LogP contribution in [-0.4, -0.2) is 55.9 Å². The zero-order valence-corrected chi connectivity index (χ0v) is 14.8. The third-order valence-corrected chi connectivity index (χ3v) is 5.33. The third-order valence-electron chi connectivity index (χ3n) is 5.02. The molecule has 0 aliphatic carbocycles. The van der Waals surface area contributed by atoms with Crippen LogP contribution < -0.4 is 4.74 Å². The van der Waals surface area contributed by atoms with E-state index in [1.807, 2.05) is 17.0 Å². The Hall–Kier alpha value is -1.30. The van der Waals surface area contributed by atoms with Crippen LogP contribution in [0.15, 0.2) is 24.3 Å². The largest absolute Gasteiger partial charge is 0.482 e. The zero-order chi connectivity index (χ0) is 17.0. The second-order valence-electron chi connectivity index (χ2n) is 6.38. The van der Waals surface area contributed by atoms with Crippen molar-refractivity contribution in [1.29, 1.82) is 0 Å². The molecule has 5 nitrogen and oxygen atoms in total. The standard InChI is InChI=1S/C18H24ClNO4/c1-22-16-7-4-12-24-18(16)8-10-20(11-9-18)17(21)13-23-15-6-3-2-5-14(15)19/h2-3,5-6,16H,4,7-13H2,1H3/t16-/m0/s1. The summed E-state index contributed by atoms with van der Waals surface area (Å²) in [5.74, 6) is 0.519. The number of methoxy groups -OCH3 is 1. The van der Waals surface area contributed by atoms with Crippen LogP contribution in [0.1, 0.15) is 25.7 Å². The Kier molecular flexibility index (Phi) is 5.64. The van der Waals surface area contributed by atoms with Gasteiger partial charge in [-0.1, -0.05) is 23.7 Å². The van der Waals surface area contributed by atoms with Gasteiger partial charge in [-0.25, -0.2) is 0 Å². The maximum absolute atomic E-state index is 12.4. The predicted octanol–water partition coefficient (Wildman–Crippen LogP) is 2.91. The lowest BCUT2D eigenvalue weighted by molar-refractivity contribution is -0.188. The fourth-order valence-corrected chi connectivity index (χ4v) is 3.82. The number of hydrogen-bond donors (Lipinski definition) is 0. The van der Waals surface area contributed by atoms with Crippen LogP contribution in [-0.2, 0) is 14.3 Å². The summed E-state index contributed by atoms with van der Waals surface area (Å²) in [7, 11) is 1.75. The second-order valence-corrected chi connectivity index (χ2v) is 6.79. The molecule has 2 heterocycles. The van der Waals surface area contributed by atoms with Crippen LogP contribution in [0, 0.1) is 0 Å². The van der Waals surface area contributed by atoms with E-state index in [4.69, 9.17) is 25.8 Å². The number of amides is 1. The van der Waals surface area contributed by atoms with Crippen LogP contribution in [0.5, 0.6) is 5.75 Å². The molecule has 6 heteroatoms. The number of halogens is 1. The van der Waals surface area contributed by atoms with Crippen molar-refractivity contribution in [2.45, 2.75) is 37.4 Å². The van der Waals surface area contributed by atoms with Gasteiger partial charge in [0.1, 0.15) is 5.75 Å². The van der Waals surface area contributed by atoms with Gasteiger partial charge in [-0.2, -0.15) is 0 Å². The molecular formula is C18H24ClNO4. The van der Waals surface area contributed by atoms with Gasteiger partial charge in [0.25, 0.3) is 5.91 Å². The Balaban J connectivity index is 1.52. The van der Waals surface area contributed by atoms with E-state index in [1.165, 1.54) is 0 Å². The van der Waals surface area contributed by atoms with Gasteiger partial charge in [-0.15, -0.1) is 0 Å². The summed E-state index contributed by atoms with van der Waals surface area (Å²) in [5, 5.41) is 0.515. The Morgan fingerprint density at radius 1 is 1.38 bits per heavy atom. The molecule has 0 bridgehead atoms. The lowest BCUT2D eigenvalue weighted by atomic mass is 9.82. The molecule has 0 radical (unpaired) electrons. The number of rotatable bonds is 4. The van der Waals surface area contributed by atoms with Gasteiger partial charge in [0.05, 0.1) is 16.7 Å². The zero-order valence-electron chi connectivity index (χ0n) is 14.0. The number of benzene rings is 1. The minimum atomic E-state index is -0.229. The van der Waals surface area contributed by atoms with E-state index in [1.54, 1.807) is 19.2 Å². The Labute approximate surface area is 147 Å². The van der Waals surface area contributed by atoms with E-state index >= 15 is 0 Å². The highest BCUT2D eigenvalue weighted by atomic mass is 35.5. The van der Waals surface area contributed by atoms with Gasteiger partial charge in [-0.05, 0) is 37.8 Å². The number of hydrogen-bond acceptors (Lipinski definition) is 4. The molecule has 132 valence electrons. The maximum Gasteiger partial charge on any atom is 0.260 e. The monoisotopic (exact) mass is 353 g/mol. The first kappa shape index (κ1) is 17.5. The number of likely N-dealkylation sites (tertiary alicyclic amines) is 1. The van der Waals surface area contributed by atoms with Crippen molar-refractivity contribution < 1.29 is 19.0 Å². The van der Waals surface area contributed by atoms with Gasteiger partial charge >= 0.3 is 0 Å². The van der Waals surface area contributed by atoms with Crippen molar-refractivity contribution in [1.82, 2.24) is 4.90 Å². The molecule has 0 N–H and O–H groups in total. The number of carbonyl (C=O) groups excluding carboxylic acids is 1. The van der Waals surface area contributed by atoms with Crippen molar-refractivity contribution in [2.24, 2.45) is 0 Å². The van der Waals surface area contributed by atoms with E-state index in [0.717, 1.165) is 32.3 Å². The van der Waals surface area contributed by atoms with Crippen LogP contribution in [0.4, 0.5) is 0 Å². The van der Waals surface area contributed by atoms with E-state index in [-0.39, 0.29) is 24.2 Å². The van der Waals surface area contributed by atoms with Gasteiger partial charge in [-0.3, -0.25) is 4.79 Å². The molecule has 24 heavy (non-hydrogen) atoms. The molecule has 2 saturated heterocycles. The average Bonchev–Trinajstić information content (AvgIpc) is 2.62. The van der Waals surface area contributed by atoms with E-state index in [2.05, 4.69) is 0 Å². The molecule has 2 fully saturated rings. The molecule has 1 atom stereocenters. The molecule has 1 aromatic rings. The molecular weight excluding hydrogens is 330 g/mol. The third kappa shape index (κ3) is 3.68. The second kappa shape index (κ2) is 7.72. The molecule has 0 aromatic heterocycles. The smallest absolute Gasteiger partial charge is 0.260 e. The summed E-state index contributed by atoms with van der Waals surface area (Å²) in [6.45, 7) is 2.13. The van der Waals surface area contributed by atoms with Gasteiger partial charge in [0.2, 0.25) is 0 Å². The normalized spacial score (nSPS) is 23.2. The number of nitrogens with zero attached hydrogens (tertiary/aromatic N) is 1. The molecule has 0 unspecified atom stereocenters. The summed E-state index contributed by atoms with van der Waals surface area (Å²) < 4.78 is 17.3. The first-order chi connectivity index (χ1) is 11.6. The summed E-state index contributed by atoms with van der Waals surface area (Å²) in [4.78, 5) is 14.2. The van der Waals surface area contributed by atoms with Gasteiger partial charge in [0.15, 0.2) is 6.61 Å². The summed E-state index contributed by atoms with van der Waals surface area (Å²) >= 11 is 6.04. The van der Waals surface area contributed by atoms with Crippen molar-refractivity contribution in [3.05, 3.63) is 29.3 Å². The van der Waals surface area contributed by atoms with Crippen LogP contribution >= 0.6 is 11.6 Å². The number of piperidine rings is 1. The maximum atomic E-state index is 12.4. The minimum absolute atomic E-state index is 0.00525. The summed E-state index contributed by atoms with van der Waals surface area (Å²) in [6.07, 6.45) is 3.81. The molecule has 2 aliphatic heterocycles. The van der Waals surface area contributed by atoms with Crippen molar-refractivity contribution in [3.63, 3.8) is 0 Å². The quantitative estimate of drug-likeness (QED) is 0.835. The molecule has 3 rings (SSSR count). The topological polar surface area (TPSA) is 48.0 Å². The summed E-state index contributed by atoms with van der Waals surface area (Å²) in [5.41, 5.74) is -0.229. The predicted molar refractivity (Wildman–Crippen MR) is 91.5 cm³/mol. The molecule has 0 saturated carbocycles. The Morgan fingerprint density at radius 3 is 2.83 bits per heavy atom. The Bertz CT molecular complexity index is 572. The average molecular weight is 354 g/mol. The molecule has 1 amide bonds. The number of ether oxygens (including phenoxy) is 3. The Morgan fingerprint density at radius 2 is 2.12 bits per heavy atom. The summed E-state index contributed by atoms with van der Waals surface area (Å²) in [6, 6.07) is 7.18. The van der Waals surface area contributed by atoms with E-state index in [0.29, 0.717) is 23.9 Å². The lowest BCUT2D eigenvalue weighted by Gasteiger charge is -2.47. The van der Waals surface area contributed by atoms with Gasteiger partial charge in [0, 0.05) is 26.8 Å². The van der Waals surface area contributed by atoms with E-state index in [9.17, 15) is 4.79 Å². The van der Waals surface area contributed by atoms with Crippen molar-refractivity contribution in [3.8, 4) is 5.75 Å². The first-order valence-corrected chi connectivity index (χ1v) is 8.84. The molecule has 1 spiro atoms.